The molecule has 1 heterocycles. The highest BCUT2D eigenvalue weighted by Crippen LogP contribution is 2.32. The molecule has 0 bridgehead atoms. The third-order valence-electron chi connectivity index (χ3n) is 4.39. The Bertz CT molecular complexity index is 931. The molecule has 1 aliphatic heterocycles. The minimum atomic E-state index is -0.339. The third kappa shape index (κ3) is 3.05. The average Bonchev–Trinajstić information content (AvgIpc) is 2.75. The Morgan fingerprint density at radius 1 is 0.920 bits per heavy atom. The van der Waals surface area contributed by atoms with Gasteiger partial charge in [-0.2, -0.15) is 0 Å². The van der Waals surface area contributed by atoms with E-state index in [-0.39, 0.29) is 11.8 Å². The molecule has 0 saturated carbocycles. The highest BCUT2D eigenvalue weighted by Gasteiger charge is 2.37. The number of benzene rings is 2. The minimum Gasteiger partial charge on any atom is -0.350 e. The van der Waals surface area contributed by atoms with Gasteiger partial charge in [0.1, 0.15) is 5.70 Å². The zero-order valence-corrected chi connectivity index (χ0v) is 15.4. The lowest BCUT2D eigenvalue weighted by molar-refractivity contribution is -0.135. The van der Waals surface area contributed by atoms with Gasteiger partial charge in [-0.3, -0.25) is 14.5 Å². The van der Waals surface area contributed by atoms with E-state index >= 15 is 0 Å². The first-order valence-electron chi connectivity index (χ1n) is 7.97. The van der Waals surface area contributed by atoms with Crippen LogP contribution in [0.3, 0.4) is 0 Å². The van der Waals surface area contributed by atoms with Gasteiger partial charge in [0.15, 0.2) is 0 Å². The highest BCUT2D eigenvalue weighted by molar-refractivity contribution is 6.36. The Kier molecular flexibility index (Phi) is 4.39. The second-order valence-electron chi connectivity index (χ2n) is 6.32. The first kappa shape index (κ1) is 17.2. The molecular formula is C20H19ClN2O2. The number of aryl methyl sites for hydroxylation is 3. The number of anilines is 1. The lowest BCUT2D eigenvalue weighted by atomic mass is 9.97. The molecule has 1 aliphatic rings. The van der Waals surface area contributed by atoms with Crippen LogP contribution in [-0.4, -0.2) is 23.8 Å². The number of rotatable bonds is 3. The molecule has 5 heteroatoms. The van der Waals surface area contributed by atoms with Gasteiger partial charge >= 0.3 is 0 Å². The van der Waals surface area contributed by atoms with Crippen LogP contribution in [0, 0.1) is 20.8 Å². The Morgan fingerprint density at radius 3 is 2.28 bits per heavy atom. The quantitative estimate of drug-likeness (QED) is 0.845. The van der Waals surface area contributed by atoms with Gasteiger partial charge in [-0.25, -0.2) is 0 Å². The Hall–Kier alpha value is -2.59. The summed E-state index contributed by atoms with van der Waals surface area (Å²) in [7, 11) is 1.50. The van der Waals surface area contributed by atoms with Crippen LogP contribution in [0.2, 0.25) is 5.02 Å². The molecule has 0 saturated heterocycles. The number of amides is 2. The molecule has 0 aromatic heterocycles. The van der Waals surface area contributed by atoms with Crippen LogP contribution in [0.15, 0.2) is 42.1 Å². The number of imide groups is 1. The minimum absolute atomic E-state index is 0.296. The van der Waals surface area contributed by atoms with Crippen molar-refractivity contribution in [2.75, 3.05) is 12.4 Å². The predicted molar refractivity (Wildman–Crippen MR) is 100 cm³/mol. The summed E-state index contributed by atoms with van der Waals surface area (Å²) in [6, 6.07) is 11.2. The molecule has 2 aromatic rings. The first-order valence-corrected chi connectivity index (χ1v) is 8.35. The molecule has 1 N–H and O–H groups in total. The van der Waals surface area contributed by atoms with Crippen molar-refractivity contribution in [2.45, 2.75) is 20.8 Å². The third-order valence-corrected chi connectivity index (χ3v) is 4.62. The molecule has 4 nitrogen and oxygen atoms in total. The second-order valence-corrected chi connectivity index (χ2v) is 6.76. The van der Waals surface area contributed by atoms with Crippen molar-refractivity contribution < 1.29 is 9.59 Å². The van der Waals surface area contributed by atoms with Gasteiger partial charge < -0.3 is 5.32 Å². The molecule has 0 fully saturated rings. The molecule has 25 heavy (non-hydrogen) atoms. The van der Waals surface area contributed by atoms with E-state index in [1.54, 1.807) is 12.1 Å². The number of nitrogens with one attached hydrogen (secondary N) is 1. The summed E-state index contributed by atoms with van der Waals surface area (Å²) >= 11 is 6.00. The van der Waals surface area contributed by atoms with E-state index < -0.39 is 0 Å². The standard InChI is InChI=1S/C20H19ClN2O2/c1-11-5-7-15(12(2)9-11)17-18(20(25)23(4)19(17)24)22-16-8-6-14(21)10-13(16)3/h5-10,22H,1-4H3. The Balaban J connectivity index is 2.15. The Labute approximate surface area is 152 Å². The zero-order valence-electron chi connectivity index (χ0n) is 14.6. The smallest absolute Gasteiger partial charge is 0.277 e. The van der Waals surface area contributed by atoms with E-state index in [0.717, 1.165) is 32.8 Å². The number of hydrogen-bond donors (Lipinski definition) is 1. The lowest BCUT2D eigenvalue weighted by Crippen LogP contribution is -2.28. The monoisotopic (exact) mass is 354 g/mol. The van der Waals surface area contributed by atoms with Crippen molar-refractivity contribution in [3.05, 3.63) is 69.4 Å². The summed E-state index contributed by atoms with van der Waals surface area (Å²) in [5.41, 5.74) is 5.17. The molecular weight excluding hydrogens is 336 g/mol. The number of carbonyl (C=O) groups excluding carboxylic acids is 2. The molecule has 0 atom stereocenters. The van der Waals surface area contributed by atoms with Gasteiger partial charge in [-0.15, -0.1) is 0 Å². The SMILES string of the molecule is Cc1ccc(C2=C(Nc3ccc(Cl)cc3C)C(=O)N(C)C2=O)c(C)c1. The number of halogens is 1. The van der Waals surface area contributed by atoms with E-state index in [0.29, 0.717) is 16.3 Å². The van der Waals surface area contributed by atoms with E-state index in [4.69, 9.17) is 11.6 Å². The molecule has 128 valence electrons. The molecule has 0 spiro atoms. The van der Waals surface area contributed by atoms with Crippen LogP contribution >= 0.6 is 11.6 Å². The number of hydrogen-bond acceptors (Lipinski definition) is 3. The molecule has 2 amide bonds. The van der Waals surface area contributed by atoms with Crippen LogP contribution in [-0.2, 0) is 9.59 Å². The van der Waals surface area contributed by atoms with Gasteiger partial charge in [0.25, 0.3) is 11.8 Å². The molecule has 3 rings (SSSR count). The molecule has 0 radical (unpaired) electrons. The van der Waals surface area contributed by atoms with Crippen molar-refractivity contribution in [1.82, 2.24) is 4.90 Å². The van der Waals surface area contributed by atoms with E-state index in [1.807, 2.05) is 45.0 Å². The molecule has 0 unspecified atom stereocenters. The molecule has 2 aromatic carbocycles. The predicted octanol–water partition coefficient (Wildman–Crippen LogP) is 4.09. The summed E-state index contributed by atoms with van der Waals surface area (Å²) in [5.74, 6) is -0.639. The van der Waals surface area contributed by atoms with Crippen LogP contribution in [0.1, 0.15) is 22.3 Å². The maximum atomic E-state index is 12.7. The largest absolute Gasteiger partial charge is 0.350 e. The topological polar surface area (TPSA) is 49.4 Å². The maximum absolute atomic E-state index is 12.7. The summed E-state index contributed by atoms with van der Waals surface area (Å²) in [5, 5.41) is 3.77. The summed E-state index contributed by atoms with van der Waals surface area (Å²) in [6.45, 7) is 5.84. The summed E-state index contributed by atoms with van der Waals surface area (Å²) < 4.78 is 0. The second kappa shape index (κ2) is 6.37. The fourth-order valence-electron chi connectivity index (χ4n) is 3.00. The summed E-state index contributed by atoms with van der Waals surface area (Å²) in [6.07, 6.45) is 0. The fraction of sp³-hybridized carbons (Fsp3) is 0.200. The van der Waals surface area contributed by atoms with Gasteiger partial charge in [0, 0.05) is 17.8 Å². The summed E-state index contributed by atoms with van der Waals surface area (Å²) in [4.78, 5) is 26.4. The molecule has 0 aliphatic carbocycles. The van der Waals surface area contributed by atoms with Crippen molar-refractivity contribution in [3.8, 4) is 0 Å². The normalized spacial score (nSPS) is 14.5. The highest BCUT2D eigenvalue weighted by atomic mass is 35.5. The number of likely N-dealkylation sites (N-methyl/N-ethyl adjacent to an activating group) is 1. The maximum Gasteiger partial charge on any atom is 0.277 e. The van der Waals surface area contributed by atoms with Crippen molar-refractivity contribution >= 4 is 34.7 Å². The van der Waals surface area contributed by atoms with Crippen LogP contribution in [0.5, 0.6) is 0 Å². The van der Waals surface area contributed by atoms with Crippen molar-refractivity contribution in [3.63, 3.8) is 0 Å². The number of carbonyl (C=O) groups is 2. The van der Waals surface area contributed by atoms with Gasteiger partial charge in [-0.1, -0.05) is 35.4 Å². The van der Waals surface area contributed by atoms with Gasteiger partial charge in [0.05, 0.1) is 5.57 Å². The van der Waals surface area contributed by atoms with Crippen molar-refractivity contribution in [2.24, 2.45) is 0 Å². The fourth-order valence-corrected chi connectivity index (χ4v) is 3.23. The first-order chi connectivity index (χ1) is 11.8. The van der Waals surface area contributed by atoms with E-state index in [9.17, 15) is 9.59 Å². The average molecular weight is 355 g/mol. The van der Waals surface area contributed by atoms with Crippen LogP contribution in [0.4, 0.5) is 5.69 Å². The van der Waals surface area contributed by atoms with E-state index in [1.165, 1.54) is 7.05 Å². The van der Waals surface area contributed by atoms with Crippen LogP contribution < -0.4 is 5.32 Å². The van der Waals surface area contributed by atoms with Crippen molar-refractivity contribution in [1.29, 1.82) is 0 Å². The number of nitrogens with zero attached hydrogens (tertiary/aromatic N) is 1. The van der Waals surface area contributed by atoms with Gasteiger partial charge in [-0.05, 0) is 55.7 Å². The van der Waals surface area contributed by atoms with E-state index in [2.05, 4.69) is 5.32 Å². The lowest BCUT2D eigenvalue weighted by Gasteiger charge is -2.12. The van der Waals surface area contributed by atoms with Crippen LogP contribution in [0.25, 0.3) is 5.57 Å². The Morgan fingerprint density at radius 2 is 1.64 bits per heavy atom. The van der Waals surface area contributed by atoms with Gasteiger partial charge in [0.2, 0.25) is 0 Å². The zero-order chi connectivity index (χ0) is 18.3.